The van der Waals surface area contributed by atoms with Gasteiger partial charge in [-0.1, -0.05) is 0 Å². The van der Waals surface area contributed by atoms with E-state index in [1.165, 1.54) is 0 Å². The zero-order valence-corrected chi connectivity index (χ0v) is 14.4. The Morgan fingerprint density at radius 3 is 2.52 bits per heavy atom. The molecule has 6 heteroatoms. The van der Waals surface area contributed by atoms with Gasteiger partial charge in [0, 0.05) is 36.2 Å². The van der Waals surface area contributed by atoms with Crippen LogP contribution in [0.4, 0.5) is 0 Å². The van der Waals surface area contributed by atoms with Crippen molar-refractivity contribution < 1.29 is 9.47 Å². The third-order valence-electron chi connectivity index (χ3n) is 3.43. The van der Waals surface area contributed by atoms with Crippen LogP contribution in [0.5, 0.6) is 11.5 Å². The van der Waals surface area contributed by atoms with E-state index in [1.54, 1.807) is 14.2 Å². The van der Waals surface area contributed by atoms with Gasteiger partial charge in [0.05, 0.1) is 25.3 Å². The van der Waals surface area contributed by atoms with Gasteiger partial charge in [0.2, 0.25) is 0 Å². The zero-order chi connectivity index (χ0) is 15.4. The van der Waals surface area contributed by atoms with Crippen LogP contribution in [0.2, 0.25) is 0 Å². The molecular formula is C15H21ClN2O2S. The number of thioether (sulfide) groups is 1. The van der Waals surface area contributed by atoms with Crippen molar-refractivity contribution in [2.75, 3.05) is 32.1 Å². The van der Waals surface area contributed by atoms with Crippen LogP contribution in [0, 0.1) is 0 Å². The van der Waals surface area contributed by atoms with Crippen LogP contribution in [0.3, 0.4) is 0 Å². The molecule has 0 saturated heterocycles. The normalized spacial score (nSPS) is 12.6. The van der Waals surface area contributed by atoms with Crippen LogP contribution in [0.1, 0.15) is 18.8 Å². The van der Waals surface area contributed by atoms with Gasteiger partial charge in [-0.25, -0.2) is 4.98 Å². The van der Waals surface area contributed by atoms with E-state index in [0.29, 0.717) is 17.7 Å². The summed E-state index contributed by atoms with van der Waals surface area (Å²) in [7, 11) is 3.28. The second-order valence-corrected chi connectivity index (χ2v) is 6.13. The first-order chi connectivity index (χ1) is 10.2. The Morgan fingerprint density at radius 2 is 1.95 bits per heavy atom. The van der Waals surface area contributed by atoms with Gasteiger partial charge in [-0.15, -0.1) is 11.6 Å². The monoisotopic (exact) mass is 328 g/mol. The maximum Gasteiger partial charge on any atom is 0.163 e. The first-order valence-corrected chi connectivity index (χ1v) is 8.76. The summed E-state index contributed by atoms with van der Waals surface area (Å²) in [6.07, 6.45) is 2.86. The van der Waals surface area contributed by atoms with Crippen molar-refractivity contribution in [3.63, 3.8) is 0 Å². The van der Waals surface area contributed by atoms with Gasteiger partial charge in [-0.05, 0) is 13.2 Å². The number of methoxy groups -OCH3 is 2. The van der Waals surface area contributed by atoms with Crippen molar-refractivity contribution in [2.24, 2.45) is 0 Å². The number of ether oxygens (including phenoxy) is 2. The summed E-state index contributed by atoms with van der Waals surface area (Å²) in [5.74, 6) is 4.01. The van der Waals surface area contributed by atoms with E-state index < -0.39 is 0 Å². The Morgan fingerprint density at radius 1 is 1.29 bits per heavy atom. The average Bonchev–Trinajstić information content (AvgIpc) is 2.83. The highest BCUT2D eigenvalue weighted by atomic mass is 35.5. The Labute approximate surface area is 134 Å². The summed E-state index contributed by atoms with van der Waals surface area (Å²) in [5.41, 5.74) is 1.98. The predicted octanol–water partition coefficient (Wildman–Crippen LogP) is 3.76. The van der Waals surface area contributed by atoms with Crippen molar-refractivity contribution in [2.45, 2.75) is 19.4 Å². The molecule has 0 radical (unpaired) electrons. The minimum Gasteiger partial charge on any atom is -0.493 e. The number of hydrogen-bond acceptors (Lipinski definition) is 4. The lowest BCUT2D eigenvalue weighted by Crippen LogP contribution is -2.12. The van der Waals surface area contributed by atoms with E-state index in [-0.39, 0.29) is 0 Å². The first kappa shape index (κ1) is 16.3. The summed E-state index contributed by atoms with van der Waals surface area (Å²) >= 11 is 7.75. The van der Waals surface area contributed by atoms with Crippen LogP contribution in [-0.4, -0.2) is 41.7 Å². The van der Waals surface area contributed by atoms with Crippen molar-refractivity contribution in [1.29, 1.82) is 0 Å². The standard InChI is InChI=1S/C15H21ClN2O2S/c1-10(9-21-4)18-12-8-14(20-3)13(19-2)7-11(12)17-15(18)5-6-16/h7-8,10H,5-6,9H2,1-4H3. The van der Waals surface area contributed by atoms with Crippen molar-refractivity contribution >= 4 is 34.4 Å². The molecule has 0 fully saturated rings. The minimum atomic E-state index is 0.348. The predicted molar refractivity (Wildman–Crippen MR) is 90.4 cm³/mol. The van der Waals surface area contributed by atoms with Crippen molar-refractivity contribution in [3.05, 3.63) is 18.0 Å². The van der Waals surface area contributed by atoms with E-state index in [0.717, 1.165) is 34.8 Å². The van der Waals surface area contributed by atoms with Crippen LogP contribution >= 0.6 is 23.4 Å². The molecule has 1 aromatic carbocycles. The summed E-state index contributed by atoms with van der Waals surface area (Å²) < 4.78 is 13.0. The summed E-state index contributed by atoms with van der Waals surface area (Å²) in [6.45, 7) is 2.20. The molecule has 1 aromatic heterocycles. The number of aryl methyl sites for hydroxylation is 1. The van der Waals surface area contributed by atoms with Gasteiger partial charge in [0.15, 0.2) is 11.5 Å². The van der Waals surface area contributed by atoms with E-state index in [1.807, 2.05) is 23.9 Å². The molecule has 1 unspecified atom stereocenters. The van der Waals surface area contributed by atoms with Crippen LogP contribution < -0.4 is 9.47 Å². The van der Waals surface area contributed by atoms with Gasteiger partial charge in [0.25, 0.3) is 0 Å². The topological polar surface area (TPSA) is 36.3 Å². The molecule has 0 spiro atoms. The summed E-state index contributed by atoms with van der Waals surface area (Å²) in [6, 6.07) is 4.27. The fraction of sp³-hybridized carbons (Fsp3) is 0.533. The maximum atomic E-state index is 5.93. The number of benzene rings is 1. The number of halogens is 1. The second-order valence-electron chi connectivity index (χ2n) is 4.84. The molecule has 0 amide bonds. The Hall–Kier alpha value is -1.07. The van der Waals surface area contributed by atoms with Gasteiger partial charge in [0.1, 0.15) is 5.82 Å². The van der Waals surface area contributed by atoms with E-state index in [2.05, 4.69) is 17.7 Å². The van der Waals surface area contributed by atoms with Crippen molar-refractivity contribution in [1.82, 2.24) is 9.55 Å². The molecule has 116 valence electrons. The molecule has 1 heterocycles. The first-order valence-electron chi connectivity index (χ1n) is 6.84. The third kappa shape index (κ3) is 3.24. The van der Waals surface area contributed by atoms with Gasteiger partial charge < -0.3 is 14.0 Å². The minimum absolute atomic E-state index is 0.348. The molecule has 0 aliphatic heterocycles. The van der Waals surface area contributed by atoms with Crippen LogP contribution in [-0.2, 0) is 6.42 Å². The lowest BCUT2D eigenvalue weighted by Gasteiger charge is -2.17. The quantitative estimate of drug-likeness (QED) is 0.725. The number of imidazole rings is 1. The largest absolute Gasteiger partial charge is 0.493 e. The highest BCUT2D eigenvalue weighted by Gasteiger charge is 2.18. The smallest absolute Gasteiger partial charge is 0.163 e. The molecule has 0 N–H and O–H groups in total. The fourth-order valence-electron chi connectivity index (χ4n) is 2.54. The molecule has 2 rings (SSSR count). The maximum absolute atomic E-state index is 5.93. The lowest BCUT2D eigenvalue weighted by molar-refractivity contribution is 0.355. The molecule has 0 saturated carbocycles. The molecular weight excluding hydrogens is 308 g/mol. The van der Waals surface area contributed by atoms with Gasteiger partial charge in [-0.2, -0.15) is 11.8 Å². The molecule has 2 aromatic rings. The second kappa shape index (κ2) is 7.27. The highest BCUT2D eigenvalue weighted by Crippen LogP contribution is 2.34. The van der Waals surface area contributed by atoms with Crippen molar-refractivity contribution in [3.8, 4) is 11.5 Å². The number of nitrogens with zero attached hydrogens (tertiary/aromatic N) is 2. The highest BCUT2D eigenvalue weighted by molar-refractivity contribution is 7.98. The molecule has 0 aliphatic rings. The van der Waals surface area contributed by atoms with Gasteiger partial charge >= 0.3 is 0 Å². The molecule has 0 bridgehead atoms. The summed E-state index contributed by atoms with van der Waals surface area (Å²) in [4.78, 5) is 4.72. The van der Waals surface area contributed by atoms with E-state index in [9.17, 15) is 0 Å². The SMILES string of the molecule is COc1cc2nc(CCCl)n(C(C)CSC)c2cc1OC. The summed E-state index contributed by atoms with van der Waals surface area (Å²) in [5, 5.41) is 0. The molecule has 0 aliphatic carbocycles. The van der Waals surface area contributed by atoms with E-state index >= 15 is 0 Å². The molecule has 21 heavy (non-hydrogen) atoms. The van der Waals surface area contributed by atoms with Gasteiger partial charge in [-0.3, -0.25) is 0 Å². The van der Waals surface area contributed by atoms with Crippen LogP contribution in [0.15, 0.2) is 12.1 Å². The Bertz CT molecular complexity index is 615. The number of fused-ring (bicyclic) bond motifs is 1. The molecule has 4 nitrogen and oxygen atoms in total. The third-order valence-corrected chi connectivity index (χ3v) is 4.44. The fourth-order valence-corrected chi connectivity index (χ4v) is 3.34. The van der Waals surface area contributed by atoms with E-state index in [4.69, 9.17) is 26.1 Å². The Kier molecular flexibility index (Phi) is 5.65. The average molecular weight is 329 g/mol. The molecule has 1 atom stereocenters. The van der Waals surface area contributed by atoms with Crippen LogP contribution in [0.25, 0.3) is 11.0 Å². The Balaban J connectivity index is 2.63. The number of hydrogen-bond donors (Lipinski definition) is 0. The number of aromatic nitrogens is 2. The number of rotatable bonds is 7. The number of alkyl halides is 1. The zero-order valence-electron chi connectivity index (χ0n) is 12.9. The lowest BCUT2D eigenvalue weighted by atomic mass is 10.2.